The van der Waals surface area contributed by atoms with E-state index in [4.69, 9.17) is 4.74 Å². The third kappa shape index (κ3) is 5.60. The first-order valence-corrected chi connectivity index (χ1v) is 10.1. The van der Waals surface area contributed by atoms with Gasteiger partial charge in [0, 0.05) is 5.69 Å². The number of benzene rings is 2. The number of anilines is 1. The summed E-state index contributed by atoms with van der Waals surface area (Å²) in [6.45, 7) is 17.3. The Labute approximate surface area is 170 Å². The minimum atomic E-state index is -0.146. The van der Waals surface area contributed by atoms with Gasteiger partial charge in [-0.2, -0.15) is 0 Å². The van der Waals surface area contributed by atoms with Crippen LogP contribution in [0.25, 0.3) is 0 Å². The summed E-state index contributed by atoms with van der Waals surface area (Å²) in [4.78, 5) is 12.5. The van der Waals surface area contributed by atoms with Crippen LogP contribution in [0, 0.1) is 0 Å². The van der Waals surface area contributed by atoms with E-state index in [9.17, 15) is 4.79 Å². The molecule has 0 fully saturated rings. The largest absolute Gasteiger partial charge is 0.483 e. The first-order chi connectivity index (χ1) is 12.9. The molecule has 0 aromatic heterocycles. The van der Waals surface area contributed by atoms with E-state index in [-0.39, 0.29) is 23.3 Å². The van der Waals surface area contributed by atoms with Crippen molar-refractivity contribution in [1.82, 2.24) is 0 Å². The van der Waals surface area contributed by atoms with Crippen molar-refractivity contribution in [2.75, 3.05) is 11.9 Å². The van der Waals surface area contributed by atoms with Gasteiger partial charge in [-0.1, -0.05) is 85.7 Å². The highest BCUT2D eigenvalue weighted by Gasteiger charge is 2.23. The van der Waals surface area contributed by atoms with E-state index in [1.807, 2.05) is 30.3 Å². The van der Waals surface area contributed by atoms with Gasteiger partial charge in [0.1, 0.15) is 5.75 Å². The van der Waals surface area contributed by atoms with Crippen LogP contribution in [0.3, 0.4) is 0 Å². The molecule has 0 aliphatic rings. The number of carbonyl (C=O) groups excluding carboxylic acids is 1. The van der Waals surface area contributed by atoms with E-state index >= 15 is 0 Å². The normalized spacial score (nSPS) is 12.2. The molecule has 1 N–H and O–H groups in total. The van der Waals surface area contributed by atoms with Crippen molar-refractivity contribution in [2.24, 2.45) is 0 Å². The molecule has 0 bridgehead atoms. The highest BCUT2D eigenvalue weighted by atomic mass is 16.5. The summed E-state index contributed by atoms with van der Waals surface area (Å²) in [6.07, 6.45) is 0. The topological polar surface area (TPSA) is 38.3 Å². The quantitative estimate of drug-likeness (QED) is 0.649. The smallest absolute Gasteiger partial charge is 0.262 e. The molecule has 0 saturated carbocycles. The van der Waals surface area contributed by atoms with E-state index < -0.39 is 0 Å². The van der Waals surface area contributed by atoms with E-state index in [0.717, 1.165) is 22.6 Å². The fourth-order valence-corrected chi connectivity index (χ4v) is 3.15. The van der Waals surface area contributed by atoms with Crippen LogP contribution in [0.5, 0.6) is 5.75 Å². The summed E-state index contributed by atoms with van der Waals surface area (Å²) in [5.41, 5.74) is 4.36. The molecule has 0 unspecified atom stereocenters. The third-order valence-corrected chi connectivity index (χ3v) is 4.87. The highest BCUT2D eigenvalue weighted by Crippen LogP contribution is 2.35. The van der Waals surface area contributed by atoms with Gasteiger partial charge in [-0.15, -0.1) is 0 Å². The molecule has 0 spiro atoms. The number of nitrogens with one attached hydrogen (secondary N) is 1. The lowest BCUT2D eigenvalue weighted by Gasteiger charge is -2.27. The zero-order valence-corrected chi connectivity index (χ0v) is 18.6. The lowest BCUT2D eigenvalue weighted by atomic mass is 9.80. The molecule has 0 saturated heterocycles. The molecular formula is C25H35NO2. The molecule has 0 aliphatic heterocycles. The molecule has 3 heteroatoms. The Morgan fingerprint density at radius 1 is 0.964 bits per heavy atom. The second kappa shape index (κ2) is 8.38. The molecular weight excluding hydrogens is 346 g/mol. The van der Waals surface area contributed by atoms with Crippen molar-refractivity contribution in [3.8, 4) is 5.75 Å². The van der Waals surface area contributed by atoms with Gasteiger partial charge >= 0.3 is 0 Å². The number of carbonyl (C=O) groups is 1. The number of hydrogen-bond acceptors (Lipinski definition) is 2. The Morgan fingerprint density at radius 3 is 2.18 bits per heavy atom. The van der Waals surface area contributed by atoms with Gasteiger partial charge in [-0.25, -0.2) is 0 Å². The molecule has 0 heterocycles. The van der Waals surface area contributed by atoms with Crippen molar-refractivity contribution in [2.45, 2.75) is 72.1 Å². The number of hydrogen-bond donors (Lipinski definition) is 1. The Bertz CT molecular complexity index is 823. The summed E-state index contributed by atoms with van der Waals surface area (Å²) in [5.74, 6) is 0.968. The molecule has 0 aliphatic carbocycles. The lowest BCUT2D eigenvalue weighted by Crippen LogP contribution is -2.23. The predicted octanol–water partition coefficient (Wildman–Crippen LogP) is 6.42. The summed E-state index contributed by atoms with van der Waals surface area (Å²) >= 11 is 0. The van der Waals surface area contributed by atoms with Crippen molar-refractivity contribution in [3.63, 3.8) is 0 Å². The van der Waals surface area contributed by atoms with Gasteiger partial charge in [0.2, 0.25) is 0 Å². The van der Waals surface area contributed by atoms with Crippen LogP contribution in [-0.4, -0.2) is 12.5 Å². The fraction of sp³-hybridized carbons (Fsp3) is 0.480. The number of para-hydroxylation sites is 1. The van der Waals surface area contributed by atoms with Crippen molar-refractivity contribution in [3.05, 3.63) is 59.2 Å². The van der Waals surface area contributed by atoms with Crippen LogP contribution in [0.15, 0.2) is 42.5 Å². The monoisotopic (exact) mass is 381 g/mol. The maximum absolute atomic E-state index is 12.5. The molecule has 2 aromatic rings. The first kappa shape index (κ1) is 22.0. The second-order valence-corrected chi connectivity index (χ2v) is 9.79. The molecule has 152 valence electrons. The van der Waals surface area contributed by atoms with Crippen LogP contribution in [0.1, 0.15) is 78.0 Å². The summed E-state index contributed by atoms with van der Waals surface area (Å²) in [7, 11) is 0. The molecule has 2 aromatic carbocycles. The standard InChI is InChI=1S/C25H35NO2/c1-17(2)19-11-9-10-12-21(19)26-23(27)16-28-22-14-13-18(24(3,4)5)15-20(22)25(6,7)8/h9-15,17H,16H2,1-8H3,(H,26,27). The molecule has 2 rings (SSSR count). The Balaban J connectivity index is 2.17. The van der Waals surface area contributed by atoms with Crippen LogP contribution in [0.4, 0.5) is 5.69 Å². The molecule has 0 radical (unpaired) electrons. The lowest BCUT2D eigenvalue weighted by molar-refractivity contribution is -0.118. The van der Waals surface area contributed by atoms with Crippen LogP contribution in [0.2, 0.25) is 0 Å². The predicted molar refractivity (Wildman–Crippen MR) is 118 cm³/mol. The van der Waals surface area contributed by atoms with E-state index in [2.05, 4.69) is 72.8 Å². The second-order valence-electron chi connectivity index (χ2n) is 9.79. The van der Waals surface area contributed by atoms with Crippen LogP contribution in [-0.2, 0) is 15.6 Å². The van der Waals surface area contributed by atoms with E-state index in [0.29, 0.717) is 5.92 Å². The van der Waals surface area contributed by atoms with Crippen LogP contribution < -0.4 is 10.1 Å². The molecule has 28 heavy (non-hydrogen) atoms. The summed E-state index contributed by atoms with van der Waals surface area (Å²) in [6, 6.07) is 14.2. The maximum Gasteiger partial charge on any atom is 0.262 e. The number of rotatable bonds is 5. The summed E-state index contributed by atoms with van der Waals surface area (Å²) in [5, 5.41) is 2.99. The molecule has 0 atom stereocenters. The van der Waals surface area contributed by atoms with E-state index in [1.165, 1.54) is 5.56 Å². The zero-order valence-electron chi connectivity index (χ0n) is 18.6. The number of ether oxygens (including phenoxy) is 1. The Hall–Kier alpha value is -2.29. The SMILES string of the molecule is CC(C)c1ccccc1NC(=O)COc1ccc(C(C)(C)C)cc1C(C)(C)C. The first-order valence-electron chi connectivity index (χ1n) is 10.1. The highest BCUT2D eigenvalue weighted by molar-refractivity contribution is 5.92. The van der Waals surface area contributed by atoms with Gasteiger partial charge in [0.05, 0.1) is 0 Å². The zero-order chi connectivity index (χ0) is 21.1. The van der Waals surface area contributed by atoms with Gasteiger partial charge in [-0.05, 0) is 45.6 Å². The molecule has 1 amide bonds. The fourth-order valence-electron chi connectivity index (χ4n) is 3.15. The third-order valence-electron chi connectivity index (χ3n) is 4.87. The minimum absolute atomic E-state index is 0.00955. The van der Waals surface area contributed by atoms with Crippen molar-refractivity contribution in [1.29, 1.82) is 0 Å². The average molecular weight is 382 g/mol. The Morgan fingerprint density at radius 2 is 1.61 bits per heavy atom. The average Bonchev–Trinajstić information content (AvgIpc) is 2.58. The van der Waals surface area contributed by atoms with Crippen molar-refractivity contribution >= 4 is 11.6 Å². The van der Waals surface area contributed by atoms with Crippen molar-refractivity contribution < 1.29 is 9.53 Å². The van der Waals surface area contributed by atoms with Crippen LogP contribution >= 0.6 is 0 Å². The van der Waals surface area contributed by atoms with Gasteiger partial charge in [0.15, 0.2) is 6.61 Å². The summed E-state index contributed by atoms with van der Waals surface area (Å²) < 4.78 is 5.95. The van der Waals surface area contributed by atoms with Gasteiger partial charge in [0.25, 0.3) is 5.91 Å². The van der Waals surface area contributed by atoms with E-state index in [1.54, 1.807) is 0 Å². The van der Waals surface area contributed by atoms with Gasteiger partial charge in [-0.3, -0.25) is 4.79 Å². The molecule has 3 nitrogen and oxygen atoms in total. The Kier molecular flexibility index (Phi) is 6.59. The maximum atomic E-state index is 12.5. The van der Waals surface area contributed by atoms with Gasteiger partial charge < -0.3 is 10.1 Å². The number of amides is 1. The minimum Gasteiger partial charge on any atom is -0.483 e.